The van der Waals surface area contributed by atoms with Gasteiger partial charge in [0.05, 0.1) is 5.75 Å². The zero-order valence-electron chi connectivity index (χ0n) is 15.5. The van der Waals surface area contributed by atoms with Crippen LogP contribution < -0.4 is 0 Å². The van der Waals surface area contributed by atoms with Crippen molar-refractivity contribution < 1.29 is 4.79 Å². The topological polar surface area (TPSA) is 51.0 Å². The van der Waals surface area contributed by atoms with Crippen molar-refractivity contribution in [2.45, 2.75) is 58.2 Å². The summed E-state index contributed by atoms with van der Waals surface area (Å²) in [6.45, 7) is 9.17. The number of thioether (sulfide) groups is 1. The minimum absolute atomic E-state index is 0.199. The number of aromatic nitrogens is 3. The number of aryl methyl sites for hydroxylation is 3. The molecule has 1 aromatic heterocycles. The molecular weight excluding hydrogens is 332 g/mol. The predicted molar refractivity (Wildman–Crippen MR) is 101 cm³/mol. The number of benzene rings is 1. The Morgan fingerprint density at radius 2 is 2.00 bits per heavy atom. The number of piperidine rings is 1. The van der Waals surface area contributed by atoms with Crippen LogP contribution in [0, 0.1) is 20.8 Å². The maximum Gasteiger partial charge on any atom is 0.233 e. The highest BCUT2D eigenvalue weighted by molar-refractivity contribution is 7.99. The third kappa shape index (κ3) is 3.89. The lowest BCUT2D eigenvalue weighted by atomic mass is 10.0. The normalized spacial score (nSPS) is 17.8. The van der Waals surface area contributed by atoms with Gasteiger partial charge in [0, 0.05) is 18.3 Å². The number of rotatable bonds is 4. The van der Waals surface area contributed by atoms with Gasteiger partial charge in [-0.15, -0.1) is 10.2 Å². The van der Waals surface area contributed by atoms with Gasteiger partial charge in [-0.2, -0.15) is 0 Å². The third-order valence-corrected chi connectivity index (χ3v) is 5.91. The van der Waals surface area contributed by atoms with Gasteiger partial charge in [0.1, 0.15) is 5.82 Å². The minimum Gasteiger partial charge on any atom is -0.339 e. The van der Waals surface area contributed by atoms with Gasteiger partial charge in [-0.05, 0) is 70.2 Å². The van der Waals surface area contributed by atoms with Crippen LogP contribution in [0.2, 0.25) is 0 Å². The van der Waals surface area contributed by atoms with Crippen LogP contribution in [0.3, 0.4) is 0 Å². The summed E-state index contributed by atoms with van der Waals surface area (Å²) in [5.74, 6) is 1.45. The summed E-state index contributed by atoms with van der Waals surface area (Å²) in [4.78, 5) is 14.6. The molecule has 0 spiro atoms. The van der Waals surface area contributed by atoms with Crippen LogP contribution in [0.25, 0.3) is 5.69 Å². The Morgan fingerprint density at radius 1 is 1.20 bits per heavy atom. The first kappa shape index (κ1) is 18.0. The minimum atomic E-state index is 0.199. The lowest BCUT2D eigenvalue weighted by molar-refractivity contribution is -0.131. The molecule has 0 aliphatic carbocycles. The molecule has 1 saturated heterocycles. The van der Waals surface area contributed by atoms with E-state index in [4.69, 9.17) is 0 Å². The number of nitrogens with zero attached hydrogens (tertiary/aromatic N) is 4. The summed E-state index contributed by atoms with van der Waals surface area (Å²) in [6.07, 6.45) is 3.44. The maximum atomic E-state index is 12.6. The van der Waals surface area contributed by atoms with Crippen molar-refractivity contribution in [3.63, 3.8) is 0 Å². The lowest BCUT2D eigenvalue weighted by Gasteiger charge is -2.33. The van der Waals surface area contributed by atoms with Crippen molar-refractivity contribution in [1.82, 2.24) is 19.7 Å². The Balaban J connectivity index is 1.75. The molecule has 3 rings (SSSR count). The zero-order chi connectivity index (χ0) is 18.0. The van der Waals surface area contributed by atoms with Gasteiger partial charge in [-0.3, -0.25) is 9.36 Å². The fourth-order valence-electron chi connectivity index (χ4n) is 3.28. The molecule has 6 heteroatoms. The molecule has 0 unspecified atom stereocenters. The molecule has 0 saturated carbocycles. The van der Waals surface area contributed by atoms with E-state index in [0.717, 1.165) is 36.1 Å². The number of carbonyl (C=O) groups excluding carboxylic acids is 1. The largest absolute Gasteiger partial charge is 0.339 e. The van der Waals surface area contributed by atoms with E-state index in [1.165, 1.54) is 29.3 Å². The Kier molecular flexibility index (Phi) is 5.47. The third-order valence-electron chi connectivity index (χ3n) is 4.99. The molecule has 0 N–H and O–H groups in total. The zero-order valence-corrected chi connectivity index (χ0v) is 16.3. The molecule has 1 fully saturated rings. The van der Waals surface area contributed by atoms with Crippen LogP contribution in [0.15, 0.2) is 23.4 Å². The molecule has 134 valence electrons. The van der Waals surface area contributed by atoms with Gasteiger partial charge in [-0.25, -0.2) is 0 Å². The smallest absolute Gasteiger partial charge is 0.233 e. The van der Waals surface area contributed by atoms with E-state index in [9.17, 15) is 4.79 Å². The Hall–Kier alpha value is -1.82. The van der Waals surface area contributed by atoms with Crippen LogP contribution in [0.5, 0.6) is 0 Å². The van der Waals surface area contributed by atoms with Crippen LogP contribution in [0.4, 0.5) is 0 Å². The summed E-state index contributed by atoms with van der Waals surface area (Å²) >= 11 is 1.47. The van der Waals surface area contributed by atoms with Crippen LogP contribution in [-0.2, 0) is 4.79 Å². The second-order valence-corrected chi connectivity index (χ2v) is 7.80. The first-order chi connectivity index (χ1) is 12.0. The first-order valence-electron chi connectivity index (χ1n) is 8.89. The highest BCUT2D eigenvalue weighted by Crippen LogP contribution is 2.25. The number of carbonyl (C=O) groups is 1. The van der Waals surface area contributed by atoms with Gasteiger partial charge in [-0.1, -0.05) is 17.8 Å². The predicted octanol–water partition coefficient (Wildman–Crippen LogP) is 3.69. The second kappa shape index (κ2) is 7.60. The van der Waals surface area contributed by atoms with E-state index in [1.807, 2.05) is 16.4 Å². The van der Waals surface area contributed by atoms with Gasteiger partial charge >= 0.3 is 0 Å². The lowest BCUT2D eigenvalue weighted by Crippen LogP contribution is -2.42. The molecule has 1 atom stereocenters. The molecule has 1 aliphatic heterocycles. The summed E-state index contributed by atoms with van der Waals surface area (Å²) in [5.41, 5.74) is 3.55. The van der Waals surface area contributed by atoms with Crippen LogP contribution in [-0.4, -0.2) is 43.9 Å². The van der Waals surface area contributed by atoms with Gasteiger partial charge in [0.2, 0.25) is 5.91 Å². The molecule has 0 bridgehead atoms. The molecule has 1 amide bonds. The van der Waals surface area contributed by atoms with Crippen molar-refractivity contribution in [3.8, 4) is 5.69 Å². The van der Waals surface area contributed by atoms with E-state index < -0.39 is 0 Å². The monoisotopic (exact) mass is 358 g/mol. The molecular formula is C19H26N4OS. The number of likely N-dealkylation sites (tertiary alicyclic amines) is 1. The van der Waals surface area contributed by atoms with Gasteiger partial charge in [0.25, 0.3) is 0 Å². The van der Waals surface area contributed by atoms with Crippen molar-refractivity contribution >= 4 is 17.7 Å². The van der Waals surface area contributed by atoms with E-state index in [2.05, 4.69) is 49.2 Å². The van der Waals surface area contributed by atoms with Crippen LogP contribution in [0.1, 0.15) is 43.1 Å². The van der Waals surface area contributed by atoms with Crippen LogP contribution >= 0.6 is 11.8 Å². The average Bonchev–Trinajstić information content (AvgIpc) is 2.96. The summed E-state index contributed by atoms with van der Waals surface area (Å²) in [6, 6.07) is 6.68. The molecule has 1 aliphatic rings. The van der Waals surface area contributed by atoms with E-state index in [-0.39, 0.29) is 5.91 Å². The van der Waals surface area contributed by atoms with Crippen molar-refractivity contribution in [1.29, 1.82) is 0 Å². The second-order valence-electron chi connectivity index (χ2n) is 6.85. The van der Waals surface area contributed by atoms with Crippen molar-refractivity contribution in [2.75, 3.05) is 12.3 Å². The molecule has 2 heterocycles. The molecule has 2 aromatic rings. The van der Waals surface area contributed by atoms with E-state index in [0.29, 0.717) is 11.8 Å². The summed E-state index contributed by atoms with van der Waals surface area (Å²) in [5, 5.41) is 9.28. The average molecular weight is 359 g/mol. The van der Waals surface area contributed by atoms with E-state index >= 15 is 0 Å². The SMILES string of the molecule is Cc1ccc(-n2c(C)nnc2SCC(=O)N2CCCC[C@@H]2C)cc1C. The Morgan fingerprint density at radius 3 is 2.72 bits per heavy atom. The number of hydrogen-bond acceptors (Lipinski definition) is 4. The quantitative estimate of drug-likeness (QED) is 0.782. The summed E-state index contributed by atoms with van der Waals surface area (Å²) < 4.78 is 2.03. The Bertz CT molecular complexity index is 771. The summed E-state index contributed by atoms with van der Waals surface area (Å²) in [7, 11) is 0. The molecule has 1 aromatic carbocycles. The highest BCUT2D eigenvalue weighted by Gasteiger charge is 2.24. The molecule has 5 nitrogen and oxygen atoms in total. The van der Waals surface area contributed by atoms with Crippen molar-refractivity contribution in [3.05, 3.63) is 35.2 Å². The number of hydrogen-bond donors (Lipinski definition) is 0. The fraction of sp³-hybridized carbons (Fsp3) is 0.526. The van der Waals surface area contributed by atoms with Gasteiger partial charge < -0.3 is 4.90 Å². The Labute approximate surface area is 153 Å². The van der Waals surface area contributed by atoms with Crippen molar-refractivity contribution in [2.24, 2.45) is 0 Å². The van der Waals surface area contributed by atoms with E-state index in [1.54, 1.807) is 0 Å². The fourth-order valence-corrected chi connectivity index (χ4v) is 4.16. The molecule has 0 radical (unpaired) electrons. The van der Waals surface area contributed by atoms with Gasteiger partial charge in [0.15, 0.2) is 5.16 Å². The first-order valence-corrected chi connectivity index (χ1v) is 9.88. The maximum absolute atomic E-state index is 12.6. The standard InChI is InChI=1S/C19H26N4OS/c1-13-8-9-17(11-14(13)2)23-16(4)20-21-19(23)25-12-18(24)22-10-6-5-7-15(22)3/h8-9,11,15H,5-7,10,12H2,1-4H3/t15-/m0/s1. The number of amides is 1. The molecule has 25 heavy (non-hydrogen) atoms. The highest BCUT2D eigenvalue weighted by atomic mass is 32.2.